The van der Waals surface area contributed by atoms with E-state index < -0.39 is 23.2 Å². The van der Waals surface area contributed by atoms with Crippen LogP contribution in [0.5, 0.6) is 0 Å². The van der Waals surface area contributed by atoms with Gasteiger partial charge in [0.25, 0.3) is 11.8 Å². The second-order valence-electron chi connectivity index (χ2n) is 8.74. The highest BCUT2D eigenvalue weighted by Crippen LogP contribution is 2.29. The lowest BCUT2D eigenvalue weighted by Crippen LogP contribution is -2.64. The Hall–Kier alpha value is -4.01. The summed E-state index contributed by atoms with van der Waals surface area (Å²) in [6, 6.07) is 15.7. The lowest BCUT2D eigenvalue weighted by molar-refractivity contribution is -0.133. The number of imidazole rings is 1. The second kappa shape index (κ2) is 10.1. The number of rotatable bonds is 8. The Morgan fingerprint density at radius 2 is 1.77 bits per heavy atom. The number of hydrogen-bond donors (Lipinski definition) is 2. The minimum atomic E-state index is -1.16. The van der Waals surface area contributed by atoms with E-state index >= 15 is 0 Å². The topological polar surface area (TPSA) is 96.3 Å². The second-order valence-corrected chi connectivity index (χ2v) is 8.74. The average molecular weight is 478 g/mol. The van der Waals surface area contributed by atoms with E-state index in [0.29, 0.717) is 25.1 Å². The zero-order chi connectivity index (χ0) is 25.0. The monoisotopic (exact) mass is 477 g/mol. The molecule has 0 bridgehead atoms. The van der Waals surface area contributed by atoms with E-state index in [2.05, 4.69) is 15.6 Å². The molecule has 0 fully saturated rings. The van der Waals surface area contributed by atoms with Crippen LogP contribution < -0.4 is 10.6 Å². The Bertz CT molecular complexity index is 1240. The van der Waals surface area contributed by atoms with Crippen LogP contribution in [0, 0.1) is 5.82 Å². The Labute approximate surface area is 203 Å². The van der Waals surface area contributed by atoms with Gasteiger partial charge in [-0.3, -0.25) is 14.4 Å². The first kappa shape index (κ1) is 24.1. The van der Waals surface area contributed by atoms with Gasteiger partial charge < -0.3 is 20.1 Å². The number of carbonyl (C=O) groups excluding carboxylic acids is 3. The summed E-state index contributed by atoms with van der Waals surface area (Å²) in [6.45, 7) is 4.44. The van der Waals surface area contributed by atoms with Crippen molar-refractivity contribution in [3.63, 3.8) is 0 Å². The summed E-state index contributed by atoms with van der Waals surface area (Å²) in [7, 11) is 0. The van der Waals surface area contributed by atoms with Gasteiger partial charge in [-0.05, 0) is 25.0 Å². The molecule has 1 aliphatic rings. The lowest BCUT2D eigenvalue weighted by Gasteiger charge is -2.43. The van der Waals surface area contributed by atoms with Crippen LogP contribution in [0.4, 0.5) is 4.39 Å². The molecule has 2 heterocycles. The maximum atomic E-state index is 13.9. The SMILES string of the molecule is CCCN1C(=O)c2c(C(=O)NCc3ccccc3F)ncn2C[C@@]1(C)C(=O)NCc1ccccc1. The molecule has 8 nitrogen and oxygen atoms in total. The molecule has 182 valence electrons. The Kier molecular flexibility index (Phi) is 6.95. The number of fused-ring (bicyclic) bond motifs is 1. The first-order valence-electron chi connectivity index (χ1n) is 11.6. The summed E-state index contributed by atoms with van der Waals surface area (Å²) in [5.74, 6) is -1.73. The first-order chi connectivity index (χ1) is 16.8. The number of nitrogens with one attached hydrogen (secondary N) is 2. The van der Waals surface area contributed by atoms with E-state index in [9.17, 15) is 18.8 Å². The summed E-state index contributed by atoms with van der Waals surface area (Å²) >= 11 is 0. The molecule has 3 amide bonds. The van der Waals surface area contributed by atoms with Gasteiger partial charge >= 0.3 is 0 Å². The highest BCUT2D eigenvalue weighted by atomic mass is 19.1. The molecule has 2 aromatic carbocycles. The van der Waals surface area contributed by atoms with Gasteiger partial charge in [-0.1, -0.05) is 55.5 Å². The molecular weight excluding hydrogens is 449 g/mol. The molecule has 9 heteroatoms. The van der Waals surface area contributed by atoms with E-state index in [1.54, 1.807) is 29.7 Å². The number of hydrogen-bond acceptors (Lipinski definition) is 4. The fourth-order valence-electron chi connectivity index (χ4n) is 4.30. The minimum absolute atomic E-state index is 0.0374. The number of halogens is 1. The predicted octanol–water partition coefficient (Wildman–Crippen LogP) is 2.89. The normalized spacial score (nSPS) is 17.1. The summed E-state index contributed by atoms with van der Waals surface area (Å²) in [5.41, 5.74) is 0.203. The number of benzene rings is 2. The molecule has 0 unspecified atom stereocenters. The van der Waals surface area contributed by atoms with Crippen molar-refractivity contribution < 1.29 is 18.8 Å². The smallest absolute Gasteiger partial charge is 0.273 e. The number of carbonyl (C=O) groups is 3. The molecule has 35 heavy (non-hydrogen) atoms. The summed E-state index contributed by atoms with van der Waals surface area (Å²) < 4.78 is 15.5. The number of aromatic nitrogens is 2. The van der Waals surface area contributed by atoms with Crippen LogP contribution in [0.15, 0.2) is 60.9 Å². The predicted molar refractivity (Wildman–Crippen MR) is 128 cm³/mol. The van der Waals surface area contributed by atoms with Crippen LogP contribution in [-0.2, 0) is 24.4 Å². The fraction of sp³-hybridized carbons (Fsp3) is 0.308. The van der Waals surface area contributed by atoms with Gasteiger partial charge in [0, 0.05) is 25.2 Å². The third-order valence-corrected chi connectivity index (χ3v) is 6.20. The standard InChI is InChI=1S/C26H28FN5O3/c1-3-13-32-24(34)22-21(23(33)28-15-19-11-7-8-12-20(19)27)30-17-31(22)16-26(32,2)25(35)29-14-18-9-5-4-6-10-18/h4-12,17H,3,13-16H2,1-2H3,(H,28,33)(H,29,35)/t26-/m0/s1. The van der Waals surface area contributed by atoms with Crippen LogP contribution in [0.3, 0.4) is 0 Å². The Morgan fingerprint density at radius 3 is 2.49 bits per heavy atom. The molecule has 0 saturated heterocycles. The van der Waals surface area contributed by atoms with Gasteiger partial charge in [-0.25, -0.2) is 9.37 Å². The van der Waals surface area contributed by atoms with E-state index in [4.69, 9.17) is 0 Å². The van der Waals surface area contributed by atoms with Gasteiger partial charge in [0.05, 0.1) is 12.9 Å². The number of nitrogens with zero attached hydrogens (tertiary/aromatic N) is 3. The third-order valence-electron chi connectivity index (χ3n) is 6.20. The quantitative estimate of drug-likeness (QED) is 0.522. The highest BCUT2D eigenvalue weighted by molar-refractivity contribution is 6.07. The molecule has 1 atom stereocenters. The van der Waals surface area contributed by atoms with E-state index in [-0.39, 0.29) is 30.4 Å². The molecule has 0 radical (unpaired) electrons. The zero-order valence-corrected chi connectivity index (χ0v) is 19.8. The molecule has 0 aliphatic carbocycles. The van der Waals surface area contributed by atoms with Gasteiger partial charge in [-0.15, -0.1) is 0 Å². The van der Waals surface area contributed by atoms with Crippen molar-refractivity contribution in [3.05, 3.63) is 89.3 Å². The molecule has 1 aromatic heterocycles. The van der Waals surface area contributed by atoms with Gasteiger partial charge in [0.1, 0.15) is 17.1 Å². The van der Waals surface area contributed by atoms with Crippen LogP contribution in [-0.4, -0.2) is 44.3 Å². The maximum Gasteiger partial charge on any atom is 0.273 e. The molecule has 0 spiro atoms. The van der Waals surface area contributed by atoms with Crippen LogP contribution in [0.1, 0.15) is 52.4 Å². The summed E-state index contributed by atoms with van der Waals surface area (Å²) in [4.78, 5) is 45.4. The van der Waals surface area contributed by atoms with Crippen molar-refractivity contribution >= 4 is 17.7 Å². The highest BCUT2D eigenvalue weighted by Gasteiger charge is 2.48. The van der Waals surface area contributed by atoms with Gasteiger partial charge in [-0.2, -0.15) is 0 Å². The van der Waals surface area contributed by atoms with Crippen LogP contribution in [0.25, 0.3) is 0 Å². The van der Waals surface area contributed by atoms with Crippen LogP contribution >= 0.6 is 0 Å². The number of amides is 3. The molecular formula is C26H28FN5O3. The van der Waals surface area contributed by atoms with Crippen molar-refractivity contribution in [1.29, 1.82) is 0 Å². The Morgan fingerprint density at radius 1 is 1.06 bits per heavy atom. The zero-order valence-electron chi connectivity index (χ0n) is 19.8. The third kappa shape index (κ3) is 4.80. The minimum Gasteiger partial charge on any atom is -0.350 e. The van der Waals surface area contributed by atoms with Crippen molar-refractivity contribution in [2.24, 2.45) is 0 Å². The van der Waals surface area contributed by atoms with Crippen molar-refractivity contribution in [2.75, 3.05) is 6.54 Å². The van der Waals surface area contributed by atoms with Crippen molar-refractivity contribution in [2.45, 2.75) is 45.4 Å². The van der Waals surface area contributed by atoms with Crippen LogP contribution in [0.2, 0.25) is 0 Å². The largest absolute Gasteiger partial charge is 0.350 e. The van der Waals surface area contributed by atoms with E-state index in [1.807, 2.05) is 37.3 Å². The molecule has 2 N–H and O–H groups in total. The molecule has 4 rings (SSSR count). The van der Waals surface area contributed by atoms with Gasteiger partial charge in [0.15, 0.2) is 5.69 Å². The van der Waals surface area contributed by atoms with E-state index in [0.717, 1.165) is 5.56 Å². The summed E-state index contributed by atoms with van der Waals surface area (Å²) in [5, 5.41) is 5.58. The van der Waals surface area contributed by atoms with Crippen molar-refractivity contribution in [3.8, 4) is 0 Å². The lowest BCUT2D eigenvalue weighted by atomic mass is 9.94. The fourth-order valence-corrected chi connectivity index (χ4v) is 4.30. The van der Waals surface area contributed by atoms with Gasteiger partial charge in [0.2, 0.25) is 5.91 Å². The molecule has 1 aliphatic heterocycles. The molecule has 0 saturated carbocycles. The maximum absolute atomic E-state index is 13.9. The molecule has 3 aromatic rings. The Balaban J connectivity index is 1.55. The first-order valence-corrected chi connectivity index (χ1v) is 11.6. The van der Waals surface area contributed by atoms with Crippen molar-refractivity contribution in [1.82, 2.24) is 25.1 Å². The van der Waals surface area contributed by atoms with E-state index in [1.165, 1.54) is 17.3 Å². The average Bonchev–Trinajstić information content (AvgIpc) is 3.28. The summed E-state index contributed by atoms with van der Waals surface area (Å²) in [6.07, 6.45) is 2.04.